The molecule has 0 spiro atoms. The lowest BCUT2D eigenvalue weighted by Gasteiger charge is -2.37. The van der Waals surface area contributed by atoms with E-state index in [9.17, 15) is 9.59 Å². The predicted molar refractivity (Wildman–Crippen MR) is 100 cm³/mol. The highest BCUT2D eigenvalue weighted by molar-refractivity contribution is 7.08. The lowest BCUT2D eigenvalue weighted by Crippen LogP contribution is -2.49. The van der Waals surface area contributed by atoms with Gasteiger partial charge in [0.25, 0.3) is 5.91 Å². The topological polar surface area (TPSA) is 61.4 Å². The number of piperazine rings is 1. The molecule has 1 aliphatic heterocycles. The second kappa shape index (κ2) is 8.47. The van der Waals surface area contributed by atoms with E-state index in [1.54, 1.807) is 11.4 Å². The van der Waals surface area contributed by atoms with Gasteiger partial charge in [0.15, 0.2) is 0 Å². The molecule has 1 fully saturated rings. The fourth-order valence-corrected chi connectivity index (χ4v) is 3.85. The Bertz CT molecular complexity index is 736. The van der Waals surface area contributed by atoms with Crippen LogP contribution >= 0.6 is 22.9 Å². The van der Waals surface area contributed by atoms with Crippen molar-refractivity contribution >= 4 is 34.8 Å². The van der Waals surface area contributed by atoms with E-state index in [4.69, 9.17) is 11.6 Å². The standard InChI is InChI=1S/C18H20ClN3O2S/c19-15-4-2-1-3-14(15)16-11-20-8-9-22(16)17(23)5-7-21-18(24)13-6-10-25-12-13/h1-4,6,10,12,16,20H,5,7-9,11H2,(H,21,24). The van der Waals surface area contributed by atoms with Gasteiger partial charge in [-0.15, -0.1) is 0 Å². The molecule has 5 nitrogen and oxygen atoms in total. The first-order chi connectivity index (χ1) is 12.2. The van der Waals surface area contributed by atoms with Crippen LogP contribution in [-0.2, 0) is 4.79 Å². The molecule has 2 heterocycles. The van der Waals surface area contributed by atoms with Crippen LogP contribution < -0.4 is 10.6 Å². The Labute approximate surface area is 156 Å². The summed E-state index contributed by atoms with van der Waals surface area (Å²) < 4.78 is 0. The van der Waals surface area contributed by atoms with Crippen molar-refractivity contribution < 1.29 is 9.59 Å². The SMILES string of the molecule is O=C(NCCC(=O)N1CCNCC1c1ccccc1Cl)c1ccsc1. The van der Waals surface area contributed by atoms with Crippen molar-refractivity contribution in [2.75, 3.05) is 26.2 Å². The smallest absolute Gasteiger partial charge is 0.252 e. The Kier molecular flexibility index (Phi) is 6.07. The average molecular weight is 378 g/mol. The van der Waals surface area contributed by atoms with Gasteiger partial charge in [0.2, 0.25) is 5.91 Å². The highest BCUT2D eigenvalue weighted by Gasteiger charge is 2.28. The van der Waals surface area contributed by atoms with Crippen molar-refractivity contribution in [1.29, 1.82) is 0 Å². The number of carbonyl (C=O) groups is 2. The van der Waals surface area contributed by atoms with Crippen LogP contribution in [0.15, 0.2) is 41.1 Å². The minimum Gasteiger partial charge on any atom is -0.351 e. The molecule has 0 radical (unpaired) electrons. The first-order valence-corrected chi connectivity index (χ1v) is 9.54. The quantitative estimate of drug-likeness (QED) is 0.842. The van der Waals surface area contributed by atoms with E-state index >= 15 is 0 Å². The van der Waals surface area contributed by atoms with Gasteiger partial charge in [-0.3, -0.25) is 9.59 Å². The third-order valence-corrected chi connectivity index (χ3v) is 5.26. The van der Waals surface area contributed by atoms with Gasteiger partial charge in [-0.1, -0.05) is 29.8 Å². The second-order valence-corrected chi connectivity index (χ2v) is 7.03. The molecule has 7 heteroatoms. The third-order valence-electron chi connectivity index (χ3n) is 4.24. The van der Waals surface area contributed by atoms with Crippen molar-refractivity contribution in [1.82, 2.24) is 15.5 Å². The van der Waals surface area contributed by atoms with Gasteiger partial charge >= 0.3 is 0 Å². The molecule has 132 valence electrons. The highest BCUT2D eigenvalue weighted by atomic mass is 35.5. The van der Waals surface area contributed by atoms with E-state index in [0.29, 0.717) is 30.2 Å². The van der Waals surface area contributed by atoms with Crippen molar-refractivity contribution in [3.05, 3.63) is 57.2 Å². The van der Waals surface area contributed by atoms with Gasteiger partial charge in [-0.05, 0) is 23.1 Å². The molecule has 1 aromatic heterocycles. The Morgan fingerprint density at radius 2 is 2.16 bits per heavy atom. The lowest BCUT2D eigenvalue weighted by molar-refractivity contribution is -0.134. The summed E-state index contributed by atoms with van der Waals surface area (Å²) in [6.07, 6.45) is 0.275. The Balaban J connectivity index is 1.59. The molecule has 1 aliphatic rings. The van der Waals surface area contributed by atoms with Gasteiger partial charge in [-0.25, -0.2) is 0 Å². The van der Waals surface area contributed by atoms with Crippen LogP contribution in [0.2, 0.25) is 5.02 Å². The molecular weight excluding hydrogens is 358 g/mol. The van der Waals surface area contributed by atoms with Gasteiger partial charge in [0, 0.05) is 48.6 Å². The average Bonchev–Trinajstić information content (AvgIpc) is 3.17. The summed E-state index contributed by atoms with van der Waals surface area (Å²) in [6.45, 7) is 2.39. The summed E-state index contributed by atoms with van der Waals surface area (Å²) in [5.74, 6) is -0.117. The number of hydrogen-bond donors (Lipinski definition) is 2. The van der Waals surface area contributed by atoms with Crippen LogP contribution in [0.1, 0.15) is 28.4 Å². The van der Waals surface area contributed by atoms with Crippen LogP contribution in [0.4, 0.5) is 0 Å². The van der Waals surface area contributed by atoms with Crippen molar-refractivity contribution in [3.63, 3.8) is 0 Å². The van der Waals surface area contributed by atoms with Gasteiger partial charge in [0.05, 0.1) is 6.04 Å². The molecular formula is C18H20ClN3O2S. The zero-order valence-electron chi connectivity index (χ0n) is 13.7. The number of hydrogen-bond acceptors (Lipinski definition) is 4. The van der Waals surface area contributed by atoms with Crippen LogP contribution in [0, 0.1) is 0 Å². The Hall–Kier alpha value is -1.89. The summed E-state index contributed by atoms with van der Waals surface area (Å²) >= 11 is 7.78. The lowest BCUT2D eigenvalue weighted by atomic mass is 10.0. The van der Waals surface area contributed by atoms with Crippen LogP contribution in [0.5, 0.6) is 0 Å². The molecule has 1 atom stereocenters. The Morgan fingerprint density at radius 1 is 1.32 bits per heavy atom. The molecule has 0 bridgehead atoms. The maximum absolute atomic E-state index is 12.7. The molecule has 1 saturated heterocycles. The summed E-state index contributed by atoms with van der Waals surface area (Å²) in [7, 11) is 0. The molecule has 3 rings (SSSR count). The molecule has 25 heavy (non-hydrogen) atoms. The minimum atomic E-state index is -0.142. The summed E-state index contributed by atoms with van der Waals surface area (Å²) in [5, 5.41) is 10.4. The largest absolute Gasteiger partial charge is 0.351 e. The van der Waals surface area contributed by atoms with E-state index in [-0.39, 0.29) is 24.3 Å². The first kappa shape index (κ1) is 17.9. The van der Waals surface area contributed by atoms with Gasteiger partial charge in [-0.2, -0.15) is 11.3 Å². The molecule has 2 aromatic rings. The zero-order chi connectivity index (χ0) is 17.6. The van der Waals surface area contributed by atoms with Crippen LogP contribution in [0.3, 0.4) is 0 Å². The summed E-state index contributed by atoms with van der Waals surface area (Å²) in [5.41, 5.74) is 1.58. The number of amides is 2. The third kappa shape index (κ3) is 4.39. The van der Waals surface area contributed by atoms with E-state index in [1.807, 2.05) is 34.5 Å². The van der Waals surface area contributed by atoms with E-state index < -0.39 is 0 Å². The fraction of sp³-hybridized carbons (Fsp3) is 0.333. The number of halogens is 1. The second-order valence-electron chi connectivity index (χ2n) is 5.85. The minimum absolute atomic E-state index is 0.0250. The fourth-order valence-electron chi connectivity index (χ4n) is 2.95. The predicted octanol–water partition coefficient (Wildman–Crippen LogP) is 2.69. The summed E-state index contributed by atoms with van der Waals surface area (Å²) in [4.78, 5) is 26.5. The van der Waals surface area contributed by atoms with Crippen LogP contribution in [-0.4, -0.2) is 42.9 Å². The number of benzene rings is 1. The number of nitrogens with one attached hydrogen (secondary N) is 2. The molecule has 1 aromatic carbocycles. The number of nitrogens with zero attached hydrogens (tertiary/aromatic N) is 1. The molecule has 2 amide bonds. The highest BCUT2D eigenvalue weighted by Crippen LogP contribution is 2.28. The Morgan fingerprint density at radius 3 is 2.92 bits per heavy atom. The van der Waals surface area contributed by atoms with Crippen molar-refractivity contribution in [2.45, 2.75) is 12.5 Å². The number of rotatable bonds is 5. The number of thiophene rings is 1. The van der Waals surface area contributed by atoms with Crippen molar-refractivity contribution in [3.8, 4) is 0 Å². The van der Waals surface area contributed by atoms with Gasteiger partial charge in [0.1, 0.15) is 0 Å². The molecule has 1 unspecified atom stereocenters. The first-order valence-electron chi connectivity index (χ1n) is 8.22. The van der Waals surface area contributed by atoms with Crippen molar-refractivity contribution in [2.24, 2.45) is 0 Å². The summed E-state index contributed by atoms with van der Waals surface area (Å²) in [6, 6.07) is 9.30. The zero-order valence-corrected chi connectivity index (χ0v) is 15.3. The molecule has 2 N–H and O–H groups in total. The maximum atomic E-state index is 12.7. The van der Waals surface area contributed by atoms with Crippen LogP contribution in [0.25, 0.3) is 0 Å². The molecule has 0 aliphatic carbocycles. The monoisotopic (exact) mass is 377 g/mol. The molecule has 0 saturated carbocycles. The van der Waals surface area contributed by atoms with E-state index in [1.165, 1.54) is 11.3 Å². The van der Waals surface area contributed by atoms with E-state index in [0.717, 1.165) is 12.1 Å². The normalized spacial score (nSPS) is 17.3. The van der Waals surface area contributed by atoms with Gasteiger partial charge < -0.3 is 15.5 Å². The number of carbonyl (C=O) groups excluding carboxylic acids is 2. The van der Waals surface area contributed by atoms with E-state index in [2.05, 4.69) is 10.6 Å². The maximum Gasteiger partial charge on any atom is 0.252 e.